The topological polar surface area (TPSA) is 131 Å². The Labute approximate surface area is 231 Å². The van der Waals surface area contributed by atoms with Crippen molar-refractivity contribution < 1.29 is 33.0 Å². The van der Waals surface area contributed by atoms with Gasteiger partial charge in [-0.25, -0.2) is 19.7 Å². The van der Waals surface area contributed by atoms with Crippen LogP contribution < -0.4 is 14.4 Å². The van der Waals surface area contributed by atoms with Gasteiger partial charge in [-0.15, -0.1) is 5.10 Å². The average Bonchev–Trinajstić information content (AvgIpc) is 3.60. The number of hydrogen-bond acceptors (Lipinski definition) is 10. The Hall–Kier alpha value is -4.61. The highest BCUT2D eigenvalue weighted by atomic mass is 16.6. The molecule has 0 saturated carbocycles. The van der Waals surface area contributed by atoms with Gasteiger partial charge in [0, 0.05) is 18.2 Å². The van der Waals surface area contributed by atoms with Crippen LogP contribution in [-0.2, 0) is 27.2 Å². The third-order valence-corrected chi connectivity index (χ3v) is 5.71. The molecule has 0 aliphatic heterocycles. The Morgan fingerprint density at radius 1 is 1.10 bits per heavy atom. The van der Waals surface area contributed by atoms with Crippen molar-refractivity contribution in [2.24, 2.45) is 0 Å². The maximum absolute atomic E-state index is 13.6. The Morgan fingerprint density at radius 3 is 2.52 bits per heavy atom. The molecule has 212 valence electrons. The number of amides is 1. The fourth-order valence-electron chi connectivity index (χ4n) is 3.94. The van der Waals surface area contributed by atoms with Gasteiger partial charge in [0.2, 0.25) is 11.8 Å². The molecule has 0 aliphatic carbocycles. The molecule has 0 fully saturated rings. The van der Waals surface area contributed by atoms with E-state index in [1.165, 1.54) is 15.7 Å². The van der Waals surface area contributed by atoms with Gasteiger partial charge in [0.25, 0.3) is 0 Å². The summed E-state index contributed by atoms with van der Waals surface area (Å²) in [6.07, 6.45) is 2.91. The van der Waals surface area contributed by atoms with E-state index in [1.54, 1.807) is 72.4 Å². The molecule has 0 bridgehead atoms. The number of hydrogen-bond donors (Lipinski definition) is 0. The Bertz CT molecular complexity index is 1470. The molecule has 12 nitrogen and oxygen atoms in total. The summed E-state index contributed by atoms with van der Waals surface area (Å²) in [6.45, 7) is 7.47. The number of fused-ring (bicyclic) bond motifs is 1. The Kier molecular flexibility index (Phi) is 8.56. The molecule has 0 aliphatic rings. The predicted octanol–water partition coefficient (Wildman–Crippen LogP) is 4.84. The van der Waals surface area contributed by atoms with E-state index in [9.17, 15) is 9.59 Å². The van der Waals surface area contributed by atoms with Crippen LogP contribution in [0.3, 0.4) is 0 Å². The van der Waals surface area contributed by atoms with Crippen molar-refractivity contribution in [3.63, 3.8) is 0 Å². The molecule has 0 saturated heterocycles. The van der Waals surface area contributed by atoms with E-state index in [1.807, 2.05) is 6.07 Å². The molecule has 0 radical (unpaired) electrons. The lowest BCUT2D eigenvalue weighted by atomic mass is 10.1. The first-order valence-corrected chi connectivity index (χ1v) is 12.8. The maximum Gasteiger partial charge on any atom is 0.417 e. The van der Waals surface area contributed by atoms with Gasteiger partial charge in [0.05, 0.1) is 33.6 Å². The van der Waals surface area contributed by atoms with Crippen molar-refractivity contribution in [1.82, 2.24) is 19.6 Å². The highest BCUT2D eigenvalue weighted by molar-refractivity contribution is 5.86. The van der Waals surface area contributed by atoms with E-state index in [4.69, 9.17) is 23.4 Å². The first-order chi connectivity index (χ1) is 19.1. The number of aromatic nitrogens is 4. The first kappa shape index (κ1) is 28.4. The van der Waals surface area contributed by atoms with Gasteiger partial charge in [0.15, 0.2) is 22.9 Å². The van der Waals surface area contributed by atoms with Crippen molar-refractivity contribution >= 4 is 23.7 Å². The molecule has 1 amide bonds. The molecule has 0 unspecified atom stereocenters. The number of rotatable bonds is 10. The van der Waals surface area contributed by atoms with Crippen molar-refractivity contribution in [3.8, 4) is 23.1 Å². The second-order valence-corrected chi connectivity index (χ2v) is 9.79. The Balaban J connectivity index is 1.82. The number of carbonyl (C=O) groups excluding carboxylic acids is 2. The van der Waals surface area contributed by atoms with Crippen LogP contribution in [-0.4, -0.2) is 58.1 Å². The van der Waals surface area contributed by atoms with Gasteiger partial charge in [-0.2, -0.15) is 4.52 Å². The van der Waals surface area contributed by atoms with Crippen LogP contribution >= 0.6 is 0 Å². The van der Waals surface area contributed by atoms with E-state index < -0.39 is 11.7 Å². The number of methoxy groups -OCH3 is 2. The number of nitrogens with zero attached hydrogens (tertiary/aromatic N) is 5. The Morgan fingerprint density at radius 2 is 1.88 bits per heavy atom. The second kappa shape index (κ2) is 12.1. The lowest BCUT2D eigenvalue weighted by molar-refractivity contribution is -0.143. The standard InChI is InChI=1S/C28H33N5O7/c1-7-38-23(34)13-11-19-16-29-26(33-25(19)30-24(31-33)21-9-8-14-39-21)32(27(35)40-28(2,3)4)17-18-10-12-20(36-5)22(15-18)37-6/h8-10,12,14-16H,7,11,13,17H2,1-6H3. The zero-order chi connectivity index (χ0) is 28.9. The fraction of sp³-hybridized carbons (Fsp3) is 0.393. The summed E-state index contributed by atoms with van der Waals surface area (Å²) in [5.41, 5.74) is 1.03. The lowest BCUT2D eigenvalue weighted by Gasteiger charge is -2.27. The summed E-state index contributed by atoms with van der Waals surface area (Å²) < 4.78 is 28.6. The molecule has 1 aromatic carbocycles. The van der Waals surface area contributed by atoms with Crippen LogP contribution in [0.5, 0.6) is 11.5 Å². The highest BCUT2D eigenvalue weighted by Gasteiger charge is 2.29. The number of carbonyl (C=O) groups is 2. The third-order valence-electron chi connectivity index (χ3n) is 5.71. The monoisotopic (exact) mass is 551 g/mol. The first-order valence-electron chi connectivity index (χ1n) is 12.8. The van der Waals surface area contributed by atoms with E-state index in [0.717, 1.165) is 5.56 Å². The number of anilines is 1. The predicted molar refractivity (Wildman–Crippen MR) is 145 cm³/mol. The van der Waals surface area contributed by atoms with Crippen molar-refractivity contribution in [2.45, 2.75) is 52.7 Å². The minimum absolute atomic E-state index is 0.0789. The normalized spacial score (nSPS) is 11.3. The number of ether oxygens (including phenoxy) is 4. The van der Waals surface area contributed by atoms with Gasteiger partial charge in [-0.05, 0) is 63.9 Å². The third kappa shape index (κ3) is 6.50. The van der Waals surface area contributed by atoms with Gasteiger partial charge in [0.1, 0.15) is 5.60 Å². The molecule has 4 rings (SSSR count). The molecule has 3 heterocycles. The molecule has 0 N–H and O–H groups in total. The molecule has 40 heavy (non-hydrogen) atoms. The van der Waals surface area contributed by atoms with Gasteiger partial charge < -0.3 is 23.4 Å². The minimum atomic E-state index is -0.771. The lowest BCUT2D eigenvalue weighted by Crippen LogP contribution is -2.38. The summed E-state index contributed by atoms with van der Waals surface area (Å²) in [6, 6.07) is 8.81. The molecule has 3 aromatic heterocycles. The molecule has 0 spiro atoms. The van der Waals surface area contributed by atoms with E-state index in [2.05, 4.69) is 15.1 Å². The number of aryl methyl sites for hydroxylation is 1. The summed E-state index contributed by atoms with van der Waals surface area (Å²) >= 11 is 0. The van der Waals surface area contributed by atoms with E-state index >= 15 is 0 Å². The maximum atomic E-state index is 13.6. The quantitative estimate of drug-likeness (QED) is 0.252. The van der Waals surface area contributed by atoms with Crippen molar-refractivity contribution in [1.29, 1.82) is 0 Å². The fourth-order valence-corrected chi connectivity index (χ4v) is 3.94. The molecule has 12 heteroatoms. The van der Waals surface area contributed by atoms with Gasteiger partial charge >= 0.3 is 12.1 Å². The van der Waals surface area contributed by atoms with Crippen LogP contribution in [0.25, 0.3) is 17.2 Å². The smallest absolute Gasteiger partial charge is 0.417 e. The largest absolute Gasteiger partial charge is 0.493 e. The highest BCUT2D eigenvalue weighted by Crippen LogP contribution is 2.30. The zero-order valence-corrected chi connectivity index (χ0v) is 23.5. The van der Waals surface area contributed by atoms with Crippen molar-refractivity contribution in [3.05, 3.63) is 53.9 Å². The molecule has 0 atom stereocenters. The van der Waals surface area contributed by atoms with Crippen LogP contribution in [0.15, 0.2) is 47.2 Å². The summed E-state index contributed by atoms with van der Waals surface area (Å²) in [5, 5.41) is 4.62. The van der Waals surface area contributed by atoms with Crippen LogP contribution in [0.2, 0.25) is 0 Å². The number of esters is 1. The zero-order valence-electron chi connectivity index (χ0n) is 23.5. The van der Waals surface area contributed by atoms with Crippen LogP contribution in [0, 0.1) is 0 Å². The van der Waals surface area contributed by atoms with Gasteiger partial charge in [-0.3, -0.25) is 4.79 Å². The summed E-state index contributed by atoms with van der Waals surface area (Å²) in [4.78, 5) is 36.2. The second-order valence-electron chi connectivity index (χ2n) is 9.79. The molecular formula is C28H33N5O7. The summed E-state index contributed by atoms with van der Waals surface area (Å²) in [7, 11) is 3.09. The number of benzene rings is 1. The average molecular weight is 552 g/mol. The van der Waals surface area contributed by atoms with Crippen molar-refractivity contribution in [2.75, 3.05) is 25.7 Å². The molecule has 4 aromatic rings. The van der Waals surface area contributed by atoms with Crippen LogP contribution in [0.1, 0.15) is 45.2 Å². The van der Waals surface area contributed by atoms with Crippen LogP contribution in [0.4, 0.5) is 10.7 Å². The van der Waals surface area contributed by atoms with E-state index in [0.29, 0.717) is 47.3 Å². The SMILES string of the molecule is CCOC(=O)CCc1cnc(N(Cc2ccc(OC)c(OC)c2)C(=O)OC(C)(C)C)n2nc(-c3ccco3)nc12. The summed E-state index contributed by atoms with van der Waals surface area (Å²) in [5.74, 6) is 1.64. The van der Waals surface area contributed by atoms with Gasteiger partial charge in [-0.1, -0.05) is 6.07 Å². The number of furan rings is 1. The molecular weight excluding hydrogens is 518 g/mol. The van der Waals surface area contributed by atoms with E-state index in [-0.39, 0.29) is 24.9 Å². The minimum Gasteiger partial charge on any atom is -0.493 e.